The van der Waals surface area contributed by atoms with Gasteiger partial charge in [0.2, 0.25) is 5.43 Å². The topological polar surface area (TPSA) is 101 Å². The summed E-state index contributed by atoms with van der Waals surface area (Å²) in [6.07, 6.45) is 3.53. The molecule has 3 atom stereocenters. The molecule has 0 spiro atoms. The van der Waals surface area contributed by atoms with Crippen molar-refractivity contribution in [3.63, 3.8) is 0 Å². The number of hydrogen-bond donors (Lipinski definition) is 2. The first-order valence-corrected chi connectivity index (χ1v) is 12.1. The molecule has 3 unspecified atom stereocenters. The number of aliphatic hydroxyl groups is 1. The molecule has 2 aliphatic heterocycles. The summed E-state index contributed by atoms with van der Waals surface area (Å²) in [5, 5.41) is 13.3. The van der Waals surface area contributed by atoms with E-state index in [1.807, 2.05) is 6.07 Å². The molecule has 2 bridgehead atoms. The van der Waals surface area contributed by atoms with Crippen LogP contribution in [0.5, 0.6) is 5.75 Å². The number of nitrogens with zero attached hydrogens (tertiary/aromatic N) is 2. The first-order chi connectivity index (χ1) is 18.2. The summed E-state index contributed by atoms with van der Waals surface area (Å²) >= 11 is 0. The summed E-state index contributed by atoms with van der Waals surface area (Å²) in [6.45, 7) is 1.62. The minimum Gasteiger partial charge on any atom is -0.483 e. The molecule has 10 heteroatoms. The zero-order valence-corrected chi connectivity index (χ0v) is 20.4. The number of pyridine rings is 1. The zero-order valence-electron chi connectivity index (χ0n) is 20.4. The van der Waals surface area contributed by atoms with E-state index >= 15 is 0 Å². The SMILES string of the molecule is CC1C=CC(O)C2CN1C(=O)c1c(OCc3ccccc3)c(=O)c(C(=O)NCc3ccc(F)cc3F)cn12. The molecule has 0 saturated carbocycles. The second-order valence-corrected chi connectivity index (χ2v) is 9.29. The molecule has 2 aliphatic rings. The molecule has 0 fully saturated rings. The van der Waals surface area contributed by atoms with Crippen LogP contribution in [0.25, 0.3) is 0 Å². The van der Waals surface area contributed by atoms with Crippen molar-refractivity contribution in [2.75, 3.05) is 6.54 Å². The van der Waals surface area contributed by atoms with Gasteiger partial charge in [0, 0.05) is 37.0 Å². The first-order valence-electron chi connectivity index (χ1n) is 12.1. The van der Waals surface area contributed by atoms with E-state index in [0.717, 1.165) is 11.6 Å². The van der Waals surface area contributed by atoms with Gasteiger partial charge in [-0.3, -0.25) is 14.4 Å². The molecular weight excluding hydrogens is 496 g/mol. The number of aromatic nitrogens is 1. The van der Waals surface area contributed by atoms with Gasteiger partial charge >= 0.3 is 0 Å². The minimum atomic E-state index is -0.997. The second kappa shape index (κ2) is 10.2. The fourth-order valence-electron chi connectivity index (χ4n) is 4.68. The van der Waals surface area contributed by atoms with Gasteiger partial charge < -0.3 is 24.6 Å². The Kier molecular flexibility index (Phi) is 6.81. The van der Waals surface area contributed by atoms with E-state index in [9.17, 15) is 28.3 Å². The van der Waals surface area contributed by atoms with Gasteiger partial charge in [0.05, 0.1) is 12.1 Å². The lowest BCUT2D eigenvalue weighted by Gasteiger charge is -2.38. The maximum Gasteiger partial charge on any atom is 0.275 e. The molecule has 0 aliphatic carbocycles. The van der Waals surface area contributed by atoms with Crippen LogP contribution in [0.4, 0.5) is 8.78 Å². The van der Waals surface area contributed by atoms with E-state index in [1.165, 1.54) is 16.8 Å². The van der Waals surface area contributed by atoms with E-state index in [4.69, 9.17) is 4.74 Å². The molecule has 3 aromatic rings. The van der Waals surface area contributed by atoms with Crippen LogP contribution in [0, 0.1) is 11.6 Å². The lowest BCUT2D eigenvalue weighted by atomic mass is 10.0. The van der Waals surface area contributed by atoms with Crippen molar-refractivity contribution in [3.05, 3.63) is 111 Å². The number of rotatable bonds is 6. The number of halogens is 2. The van der Waals surface area contributed by atoms with Crippen LogP contribution < -0.4 is 15.5 Å². The highest BCUT2D eigenvalue weighted by atomic mass is 19.1. The molecule has 1 aromatic heterocycles. The molecule has 0 radical (unpaired) electrons. The molecule has 38 heavy (non-hydrogen) atoms. The molecule has 2 aromatic carbocycles. The van der Waals surface area contributed by atoms with E-state index in [1.54, 1.807) is 48.2 Å². The number of carbonyl (C=O) groups excluding carboxylic acids is 2. The first kappa shape index (κ1) is 25.3. The molecular formula is C28H25F2N3O5. The summed E-state index contributed by atoms with van der Waals surface area (Å²) in [7, 11) is 0. The van der Waals surface area contributed by atoms with Crippen molar-refractivity contribution in [1.82, 2.24) is 14.8 Å². The predicted octanol–water partition coefficient (Wildman–Crippen LogP) is 2.95. The Labute approximate surface area is 216 Å². The Morgan fingerprint density at radius 2 is 1.89 bits per heavy atom. The van der Waals surface area contributed by atoms with Crippen LogP contribution in [-0.2, 0) is 13.2 Å². The van der Waals surface area contributed by atoms with Crippen LogP contribution in [0.15, 0.2) is 71.7 Å². The molecule has 2 amide bonds. The summed E-state index contributed by atoms with van der Waals surface area (Å²) in [4.78, 5) is 41.8. The summed E-state index contributed by atoms with van der Waals surface area (Å²) < 4.78 is 34.6. The number of amides is 2. The van der Waals surface area contributed by atoms with E-state index in [2.05, 4.69) is 5.32 Å². The van der Waals surface area contributed by atoms with Crippen molar-refractivity contribution in [1.29, 1.82) is 0 Å². The largest absolute Gasteiger partial charge is 0.483 e. The monoisotopic (exact) mass is 521 g/mol. The van der Waals surface area contributed by atoms with Crippen LogP contribution in [0.3, 0.4) is 0 Å². The summed E-state index contributed by atoms with van der Waals surface area (Å²) in [5.41, 5.74) is -0.439. The number of benzene rings is 2. The molecule has 3 heterocycles. The van der Waals surface area contributed by atoms with E-state index in [0.29, 0.717) is 6.07 Å². The lowest BCUT2D eigenvalue weighted by molar-refractivity contribution is 0.0530. The van der Waals surface area contributed by atoms with Crippen molar-refractivity contribution in [2.45, 2.75) is 38.3 Å². The highest BCUT2D eigenvalue weighted by Crippen LogP contribution is 2.33. The summed E-state index contributed by atoms with van der Waals surface area (Å²) in [5.74, 6) is -3.20. The third-order valence-electron chi connectivity index (χ3n) is 6.79. The second-order valence-electron chi connectivity index (χ2n) is 9.29. The van der Waals surface area contributed by atoms with Gasteiger partial charge in [-0.15, -0.1) is 0 Å². The molecule has 8 nitrogen and oxygen atoms in total. The Bertz CT molecular complexity index is 1490. The minimum absolute atomic E-state index is 0.0301. The molecule has 5 rings (SSSR count). The normalized spacial score (nSPS) is 20.1. The van der Waals surface area contributed by atoms with Gasteiger partial charge in [0.1, 0.15) is 23.8 Å². The van der Waals surface area contributed by atoms with Crippen LogP contribution >= 0.6 is 0 Å². The Balaban J connectivity index is 1.56. The van der Waals surface area contributed by atoms with E-state index in [-0.39, 0.29) is 48.3 Å². The Hall–Kier alpha value is -4.31. The van der Waals surface area contributed by atoms with Crippen molar-refractivity contribution < 1.29 is 28.2 Å². The third kappa shape index (κ3) is 4.70. The number of ether oxygens (including phenoxy) is 1. The summed E-state index contributed by atoms with van der Waals surface area (Å²) in [6, 6.07) is 11.0. The standard InChI is InChI=1S/C28H25F2N3O5/c1-16-7-10-23(34)22-14-32(16)28(37)24-26(38-15-17-5-3-2-4-6-17)25(35)20(13-33(22)24)27(36)31-12-18-8-9-19(29)11-21(18)30/h2-11,13,16,22-23,34H,12,14-15H2,1H3,(H,31,36). The number of carbonyl (C=O) groups is 2. The Morgan fingerprint density at radius 3 is 2.63 bits per heavy atom. The molecule has 196 valence electrons. The van der Waals surface area contributed by atoms with Crippen molar-refractivity contribution in [3.8, 4) is 5.75 Å². The van der Waals surface area contributed by atoms with Gasteiger partial charge in [-0.1, -0.05) is 48.6 Å². The van der Waals surface area contributed by atoms with Gasteiger partial charge in [-0.2, -0.15) is 0 Å². The average Bonchev–Trinajstić information content (AvgIpc) is 3.03. The number of hydrogen-bond acceptors (Lipinski definition) is 5. The number of nitrogens with one attached hydrogen (secondary N) is 1. The number of fused-ring (bicyclic) bond motifs is 4. The van der Waals surface area contributed by atoms with Crippen LogP contribution in [-0.4, -0.2) is 45.1 Å². The van der Waals surface area contributed by atoms with Crippen LogP contribution in [0.1, 0.15) is 44.9 Å². The van der Waals surface area contributed by atoms with Crippen LogP contribution in [0.2, 0.25) is 0 Å². The predicted molar refractivity (Wildman–Crippen MR) is 134 cm³/mol. The Morgan fingerprint density at radius 1 is 1.13 bits per heavy atom. The van der Waals surface area contributed by atoms with Gasteiger partial charge in [-0.05, 0) is 18.6 Å². The molecule has 2 N–H and O–H groups in total. The third-order valence-corrected chi connectivity index (χ3v) is 6.79. The van der Waals surface area contributed by atoms with Crippen molar-refractivity contribution in [2.24, 2.45) is 0 Å². The van der Waals surface area contributed by atoms with Crippen molar-refractivity contribution >= 4 is 11.8 Å². The van der Waals surface area contributed by atoms with Gasteiger partial charge in [-0.25, -0.2) is 8.78 Å². The maximum absolute atomic E-state index is 14.1. The van der Waals surface area contributed by atoms with Gasteiger partial charge in [0.15, 0.2) is 11.4 Å². The smallest absolute Gasteiger partial charge is 0.275 e. The fraction of sp³-hybridized carbons (Fsp3) is 0.250. The average molecular weight is 522 g/mol. The zero-order chi connectivity index (χ0) is 27.0. The quantitative estimate of drug-likeness (QED) is 0.486. The highest BCUT2D eigenvalue weighted by molar-refractivity contribution is 5.99. The fourth-order valence-corrected chi connectivity index (χ4v) is 4.68. The number of aliphatic hydroxyl groups excluding tert-OH is 1. The highest BCUT2D eigenvalue weighted by Gasteiger charge is 2.41. The maximum atomic E-state index is 14.1. The lowest BCUT2D eigenvalue weighted by Crippen LogP contribution is -2.49. The van der Waals surface area contributed by atoms with Gasteiger partial charge in [0.25, 0.3) is 11.8 Å². The van der Waals surface area contributed by atoms with E-state index < -0.39 is 41.0 Å². The molecule has 0 saturated heterocycles.